The van der Waals surface area contributed by atoms with E-state index in [4.69, 9.17) is 12.2 Å². The van der Waals surface area contributed by atoms with Crippen LogP contribution in [0.4, 0.5) is 4.39 Å². The zero-order valence-corrected chi connectivity index (χ0v) is 17.7. The monoisotopic (exact) mass is 424 g/mol. The molecule has 2 heterocycles. The van der Waals surface area contributed by atoms with E-state index in [1.54, 1.807) is 12.1 Å². The lowest BCUT2D eigenvalue weighted by molar-refractivity contribution is -0.147. The van der Waals surface area contributed by atoms with Gasteiger partial charge in [0, 0.05) is 25.6 Å². The molecule has 5 rings (SSSR count). The highest BCUT2D eigenvalue weighted by molar-refractivity contribution is 7.80. The van der Waals surface area contributed by atoms with Crippen molar-refractivity contribution in [1.29, 1.82) is 0 Å². The number of carbonyl (C=O) groups is 1. The van der Waals surface area contributed by atoms with E-state index in [9.17, 15) is 9.18 Å². The van der Waals surface area contributed by atoms with Gasteiger partial charge in [0.05, 0.1) is 0 Å². The number of nitrogens with one attached hydrogen (secondary N) is 1. The molecule has 0 spiro atoms. The van der Waals surface area contributed by atoms with Crippen molar-refractivity contribution in [2.45, 2.75) is 31.5 Å². The number of carbonyl (C=O) groups excluding carboxylic acids is 1. The van der Waals surface area contributed by atoms with Crippen LogP contribution in [0.5, 0.6) is 0 Å². The second kappa shape index (κ2) is 7.63. The molecular formula is C23H25FN4OS. The molecule has 3 aliphatic rings. The van der Waals surface area contributed by atoms with Crippen LogP contribution in [0.2, 0.25) is 0 Å². The smallest absolute Gasteiger partial charge is 0.246 e. The SMILES string of the molecule is CN1C(=S)N(C2CCNC2)C(c2ccc(-c3ccc(F)cc3)cc2)N1C(=O)C1CC1. The van der Waals surface area contributed by atoms with Crippen LogP contribution in [0.3, 0.4) is 0 Å². The Hall–Kier alpha value is -2.51. The molecule has 1 aliphatic carbocycles. The molecule has 0 bridgehead atoms. The fourth-order valence-corrected chi connectivity index (χ4v) is 4.79. The van der Waals surface area contributed by atoms with Gasteiger partial charge in [-0.1, -0.05) is 36.4 Å². The summed E-state index contributed by atoms with van der Waals surface area (Å²) in [5.74, 6) is 0.0201. The minimum atomic E-state index is -0.243. The first kappa shape index (κ1) is 19.5. The van der Waals surface area contributed by atoms with Crippen LogP contribution in [0, 0.1) is 11.7 Å². The van der Waals surface area contributed by atoms with Crippen molar-refractivity contribution in [3.63, 3.8) is 0 Å². The first-order valence-electron chi connectivity index (χ1n) is 10.5. The third kappa shape index (κ3) is 3.36. The lowest BCUT2D eigenvalue weighted by Gasteiger charge is -2.33. The third-order valence-electron chi connectivity index (χ3n) is 6.28. The molecule has 1 amide bonds. The number of amides is 1. The van der Waals surface area contributed by atoms with Gasteiger partial charge in [-0.05, 0) is 66.8 Å². The molecular weight excluding hydrogens is 399 g/mol. The van der Waals surface area contributed by atoms with Gasteiger partial charge in [0.25, 0.3) is 0 Å². The number of rotatable bonds is 4. The minimum Gasteiger partial charge on any atom is -0.317 e. The number of benzene rings is 2. The highest BCUT2D eigenvalue weighted by atomic mass is 32.1. The summed E-state index contributed by atoms with van der Waals surface area (Å²) in [5.41, 5.74) is 3.01. The molecule has 2 unspecified atom stereocenters. The maximum atomic E-state index is 13.3. The summed E-state index contributed by atoms with van der Waals surface area (Å²) in [7, 11) is 1.89. The molecule has 2 atom stereocenters. The summed E-state index contributed by atoms with van der Waals surface area (Å²) in [5, 5.41) is 7.82. The maximum Gasteiger partial charge on any atom is 0.246 e. The van der Waals surface area contributed by atoms with Gasteiger partial charge in [0.1, 0.15) is 5.82 Å². The largest absolute Gasteiger partial charge is 0.317 e. The van der Waals surface area contributed by atoms with E-state index in [1.807, 2.05) is 29.2 Å². The van der Waals surface area contributed by atoms with Crippen LogP contribution in [-0.4, -0.2) is 52.1 Å². The first-order chi connectivity index (χ1) is 14.5. The number of hydrazine groups is 1. The fourth-order valence-electron chi connectivity index (χ4n) is 4.46. The molecule has 30 heavy (non-hydrogen) atoms. The van der Waals surface area contributed by atoms with E-state index in [2.05, 4.69) is 22.3 Å². The Balaban J connectivity index is 1.51. The Morgan fingerprint density at radius 3 is 2.23 bits per heavy atom. The van der Waals surface area contributed by atoms with Crippen LogP contribution in [-0.2, 0) is 4.79 Å². The van der Waals surface area contributed by atoms with Gasteiger partial charge >= 0.3 is 0 Å². The number of nitrogens with zero attached hydrogens (tertiary/aromatic N) is 3. The van der Waals surface area contributed by atoms with Crippen molar-refractivity contribution in [3.05, 3.63) is 59.9 Å². The number of thiocarbonyl (C=S) groups is 1. The fraction of sp³-hybridized carbons (Fsp3) is 0.391. The molecule has 0 radical (unpaired) electrons. The van der Waals surface area contributed by atoms with Crippen LogP contribution >= 0.6 is 12.2 Å². The van der Waals surface area contributed by atoms with Gasteiger partial charge < -0.3 is 10.2 Å². The Morgan fingerprint density at radius 2 is 1.67 bits per heavy atom. The molecule has 156 valence electrons. The van der Waals surface area contributed by atoms with E-state index >= 15 is 0 Å². The number of halogens is 1. The summed E-state index contributed by atoms with van der Waals surface area (Å²) in [6, 6.07) is 15.0. The van der Waals surface area contributed by atoms with Crippen molar-refractivity contribution < 1.29 is 9.18 Å². The lowest BCUT2D eigenvalue weighted by atomic mass is 10.0. The van der Waals surface area contributed by atoms with Crippen LogP contribution in [0.15, 0.2) is 48.5 Å². The quantitative estimate of drug-likeness (QED) is 0.760. The van der Waals surface area contributed by atoms with Gasteiger partial charge in [-0.3, -0.25) is 9.80 Å². The average Bonchev–Trinajstić information content (AvgIpc) is 3.41. The molecule has 7 heteroatoms. The normalized spacial score (nSPS) is 24.1. The summed E-state index contributed by atoms with van der Waals surface area (Å²) >= 11 is 5.79. The molecule has 2 aliphatic heterocycles. The zero-order valence-electron chi connectivity index (χ0n) is 16.9. The predicted octanol–water partition coefficient (Wildman–Crippen LogP) is 3.54. The Bertz CT molecular complexity index is 954. The zero-order chi connectivity index (χ0) is 20.8. The Labute approximate surface area is 181 Å². The number of hydrogen-bond donors (Lipinski definition) is 1. The molecule has 2 aromatic rings. The Kier molecular flexibility index (Phi) is 4.95. The second-order valence-corrected chi connectivity index (χ2v) is 8.68. The van der Waals surface area contributed by atoms with E-state index in [1.165, 1.54) is 12.1 Å². The van der Waals surface area contributed by atoms with Gasteiger partial charge in [-0.15, -0.1) is 0 Å². The topological polar surface area (TPSA) is 38.8 Å². The predicted molar refractivity (Wildman–Crippen MR) is 118 cm³/mol. The molecule has 1 N–H and O–H groups in total. The molecule has 2 saturated heterocycles. The van der Waals surface area contributed by atoms with Crippen molar-refractivity contribution in [2.75, 3.05) is 20.1 Å². The van der Waals surface area contributed by atoms with Crippen molar-refractivity contribution in [2.24, 2.45) is 5.92 Å². The van der Waals surface area contributed by atoms with Crippen molar-refractivity contribution >= 4 is 23.2 Å². The average molecular weight is 425 g/mol. The van der Waals surface area contributed by atoms with Gasteiger partial charge in [-0.25, -0.2) is 9.40 Å². The van der Waals surface area contributed by atoms with Gasteiger partial charge in [-0.2, -0.15) is 0 Å². The minimum absolute atomic E-state index is 0.109. The molecule has 1 saturated carbocycles. The summed E-state index contributed by atoms with van der Waals surface area (Å²) < 4.78 is 13.3. The van der Waals surface area contributed by atoms with Crippen LogP contribution in [0.1, 0.15) is 31.0 Å². The van der Waals surface area contributed by atoms with Gasteiger partial charge in [0.15, 0.2) is 11.3 Å². The summed E-state index contributed by atoms with van der Waals surface area (Å²) in [4.78, 5) is 15.4. The van der Waals surface area contributed by atoms with Crippen molar-refractivity contribution in [3.8, 4) is 11.1 Å². The second-order valence-electron chi connectivity index (χ2n) is 8.32. The summed E-state index contributed by atoms with van der Waals surface area (Å²) in [6.45, 7) is 1.82. The third-order valence-corrected chi connectivity index (χ3v) is 6.76. The summed E-state index contributed by atoms with van der Waals surface area (Å²) in [6.07, 6.45) is 2.68. The van der Waals surface area contributed by atoms with E-state index in [0.717, 1.165) is 49.0 Å². The van der Waals surface area contributed by atoms with Gasteiger partial charge in [0.2, 0.25) is 5.91 Å². The number of hydrogen-bond acceptors (Lipinski definition) is 3. The van der Waals surface area contributed by atoms with E-state index < -0.39 is 0 Å². The van der Waals surface area contributed by atoms with E-state index in [0.29, 0.717) is 5.11 Å². The molecule has 2 aromatic carbocycles. The lowest BCUT2D eigenvalue weighted by Crippen LogP contribution is -2.43. The first-order valence-corrected chi connectivity index (χ1v) is 10.9. The van der Waals surface area contributed by atoms with E-state index in [-0.39, 0.29) is 29.8 Å². The Morgan fingerprint density at radius 1 is 1.03 bits per heavy atom. The van der Waals surface area contributed by atoms with Crippen molar-refractivity contribution in [1.82, 2.24) is 20.2 Å². The van der Waals surface area contributed by atoms with Crippen LogP contribution < -0.4 is 5.32 Å². The molecule has 0 aromatic heterocycles. The van der Waals surface area contributed by atoms with Crippen LogP contribution in [0.25, 0.3) is 11.1 Å². The molecule has 5 nitrogen and oxygen atoms in total. The highest BCUT2D eigenvalue weighted by Gasteiger charge is 2.49. The molecule has 3 fully saturated rings. The highest BCUT2D eigenvalue weighted by Crippen LogP contribution is 2.41. The standard InChI is InChI=1S/C23H25FN4OS/c1-26-23(30)27(20-12-13-25-14-20)21(28(26)22(29)18-6-7-18)17-4-2-15(3-5-17)16-8-10-19(24)11-9-16/h2-5,8-11,18,20-21,25H,6-7,12-14H2,1H3. The maximum absolute atomic E-state index is 13.3.